The molecule has 0 unspecified atom stereocenters. The predicted octanol–water partition coefficient (Wildman–Crippen LogP) is 2.18. The van der Waals surface area contributed by atoms with E-state index in [0.717, 1.165) is 37.5 Å². The molecule has 338 valence electrons. The number of aliphatic hydroxyl groups excluding tert-OH is 1. The van der Waals surface area contributed by atoms with Crippen LogP contribution in [0.1, 0.15) is 43.9 Å². The molecule has 1 saturated heterocycles. The summed E-state index contributed by atoms with van der Waals surface area (Å²) < 4.78 is 56.2. The fourth-order valence-corrected chi connectivity index (χ4v) is 6.84. The van der Waals surface area contributed by atoms with Crippen LogP contribution in [-0.2, 0) is 67.5 Å². The number of nitrogens with two attached hydrogens (primary N) is 1. The predicted molar refractivity (Wildman–Crippen MR) is 219 cm³/mol. The van der Waals surface area contributed by atoms with E-state index < -0.39 is 91.6 Å². The standard InChI is InChI=1S/C44H56N2O16/c1-28(47)57-26-38-42(61-30(3)49)41(60-29(2)48)37(23-39(45)51)43(62-38)58-27-40(52)46-19-20-55-21-22-56-24-34(50)25-59-44(31-9-7-6-8-10-31,32-11-15-35(53-4)16-12-32)33-13-17-36(54-5)18-14-33/h6-18,34,37-38,41-43,50H,19-27H2,1-5H3,(H2,45,51)(H,46,52)/t34-,37+,38+,41+,42-,43+/m0/s1. The number of carbonyl (C=O) groups is 5. The van der Waals surface area contributed by atoms with Crippen LogP contribution in [0.25, 0.3) is 0 Å². The second-order valence-electron chi connectivity index (χ2n) is 14.1. The molecule has 0 aromatic heterocycles. The molecule has 62 heavy (non-hydrogen) atoms. The van der Waals surface area contributed by atoms with Crippen molar-refractivity contribution < 1.29 is 76.4 Å². The monoisotopic (exact) mass is 868 g/mol. The van der Waals surface area contributed by atoms with Crippen LogP contribution in [0, 0.1) is 5.92 Å². The molecule has 2 amide bonds. The van der Waals surface area contributed by atoms with Gasteiger partial charge in [0.15, 0.2) is 12.4 Å². The molecular weight excluding hydrogens is 812 g/mol. The summed E-state index contributed by atoms with van der Waals surface area (Å²) in [6, 6.07) is 24.8. The molecule has 18 heteroatoms. The van der Waals surface area contributed by atoms with Crippen LogP contribution in [0.5, 0.6) is 11.5 Å². The minimum Gasteiger partial charge on any atom is -0.497 e. The number of methoxy groups -OCH3 is 2. The molecule has 0 bridgehead atoms. The van der Waals surface area contributed by atoms with Gasteiger partial charge in [0.1, 0.15) is 48.6 Å². The maximum Gasteiger partial charge on any atom is 0.303 e. The molecule has 0 radical (unpaired) electrons. The molecule has 4 rings (SSSR count). The Morgan fingerprint density at radius 3 is 1.85 bits per heavy atom. The zero-order valence-electron chi connectivity index (χ0n) is 35.5. The first-order valence-electron chi connectivity index (χ1n) is 19.9. The second-order valence-corrected chi connectivity index (χ2v) is 14.1. The van der Waals surface area contributed by atoms with Gasteiger partial charge in [0.25, 0.3) is 0 Å². The molecule has 3 aromatic carbocycles. The van der Waals surface area contributed by atoms with Gasteiger partial charge < -0.3 is 63.5 Å². The lowest BCUT2D eigenvalue weighted by atomic mass is 9.80. The zero-order chi connectivity index (χ0) is 45.1. The van der Waals surface area contributed by atoms with Crippen molar-refractivity contribution in [3.63, 3.8) is 0 Å². The van der Waals surface area contributed by atoms with Crippen LogP contribution in [-0.4, -0.2) is 133 Å². The zero-order valence-corrected chi connectivity index (χ0v) is 35.5. The number of rotatable bonds is 25. The van der Waals surface area contributed by atoms with Gasteiger partial charge in [-0.25, -0.2) is 0 Å². The number of hydrogen-bond acceptors (Lipinski definition) is 16. The highest BCUT2D eigenvalue weighted by Gasteiger charge is 2.51. The van der Waals surface area contributed by atoms with Gasteiger partial charge in [-0.2, -0.15) is 0 Å². The lowest BCUT2D eigenvalue weighted by molar-refractivity contribution is -0.290. The molecule has 4 N–H and O–H groups in total. The smallest absolute Gasteiger partial charge is 0.303 e. The Balaban J connectivity index is 1.26. The fraction of sp³-hybridized carbons (Fsp3) is 0.477. The van der Waals surface area contributed by atoms with E-state index in [1.54, 1.807) is 14.2 Å². The summed E-state index contributed by atoms with van der Waals surface area (Å²) in [7, 11) is 3.19. The Morgan fingerprint density at radius 2 is 1.31 bits per heavy atom. The summed E-state index contributed by atoms with van der Waals surface area (Å²) in [6.07, 6.45) is -6.56. The Labute approximate surface area is 360 Å². The van der Waals surface area contributed by atoms with Gasteiger partial charge >= 0.3 is 17.9 Å². The highest BCUT2D eigenvalue weighted by atomic mass is 16.7. The summed E-state index contributed by atoms with van der Waals surface area (Å²) in [4.78, 5) is 60.3. The maximum absolute atomic E-state index is 12.7. The number of amides is 2. The molecule has 1 fully saturated rings. The first-order valence-corrected chi connectivity index (χ1v) is 19.9. The van der Waals surface area contributed by atoms with Crippen molar-refractivity contribution >= 4 is 29.7 Å². The van der Waals surface area contributed by atoms with E-state index in [4.69, 9.17) is 53.1 Å². The number of ether oxygens (including phenoxy) is 10. The largest absolute Gasteiger partial charge is 0.497 e. The highest BCUT2D eigenvalue weighted by molar-refractivity contribution is 5.77. The van der Waals surface area contributed by atoms with Crippen molar-refractivity contribution in [2.24, 2.45) is 11.7 Å². The average Bonchev–Trinajstić information content (AvgIpc) is 3.25. The van der Waals surface area contributed by atoms with E-state index in [0.29, 0.717) is 11.5 Å². The second kappa shape index (κ2) is 24.7. The quantitative estimate of drug-likeness (QED) is 0.0479. The van der Waals surface area contributed by atoms with Gasteiger partial charge in [-0.1, -0.05) is 54.6 Å². The molecule has 1 aliphatic rings. The molecule has 18 nitrogen and oxygen atoms in total. The van der Waals surface area contributed by atoms with Crippen LogP contribution in [0.2, 0.25) is 0 Å². The SMILES string of the molecule is COc1ccc(C(OC[C@@H](O)COCCOCCNC(=O)CO[C@@H]2O[C@H](COC(C)=O)[C@H](OC(C)=O)[C@H](OC(C)=O)[C@H]2CC(N)=O)(c2ccccc2)c2ccc(OC)cc2)cc1. The summed E-state index contributed by atoms with van der Waals surface area (Å²) >= 11 is 0. The van der Waals surface area contributed by atoms with Crippen LogP contribution in [0.4, 0.5) is 0 Å². The van der Waals surface area contributed by atoms with Crippen LogP contribution in [0.3, 0.4) is 0 Å². The van der Waals surface area contributed by atoms with E-state index in [1.807, 2.05) is 78.9 Å². The average molecular weight is 869 g/mol. The number of aliphatic hydroxyl groups is 1. The molecule has 0 saturated carbocycles. The number of esters is 3. The van der Waals surface area contributed by atoms with Gasteiger partial charge in [-0.05, 0) is 41.0 Å². The topological polar surface area (TPSA) is 236 Å². The number of carbonyl (C=O) groups excluding carboxylic acids is 5. The first kappa shape index (κ1) is 49.0. The number of benzene rings is 3. The van der Waals surface area contributed by atoms with Gasteiger partial charge in [0, 0.05) is 33.7 Å². The number of primary amides is 1. The Kier molecular flexibility index (Phi) is 19.5. The van der Waals surface area contributed by atoms with Gasteiger partial charge in [0.05, 0.1) is 53.2 Å². The Bertz CT molecular complexity index is 1830. The van der Waals surface area contributed by atoms with Crippen molar-refractivity contribution in [1.29, 1.82) is 0 Å². The van der Waals surface area contributed by atoms with Crippen LogP contribution < -0.4 is 20.5 Å². The Morgan fingerprint density at radius 1 is 0.742 bits per heavy atom. The van der Waals surface area contributed by atoms with Gasteiger partial charge in [-0.3, -0.25) is 24.0 Å². The number of nitrogens with one attached hydrogen (secondary N) is 1. The van der Waals surface area contributed by atoms with Crippen molar-refractivity contribution in [2.45, 2.75) is 63.5 Å². The van der Waals surface area contributed by atoms with Crippen molar-refractivity contribution in [3.05, 3.63) is 95.6 Å². The summed E-state index contributed by atoms with van der Waals surface area (Å²) in [5.74, 6) is -3.30. The van der Waals surface area contributed by atoms with E-state index in [1.165, 1.54) is 0 Å². The third-order valence-corrected chi connectivity index (χ3v) is 9.56. The molecule has 3 aromatic rings. The van der Waals surface area contributed by atoms with Crippen LogP contribution in [0.15, 0.2) is 78.9 Å². The number of hydrogen-bond donors (Lipinski definition) is 3. The lowest BCUT2D eigenvalue weighted by Crippen LogP contribution is -2.60. The summed E-state index contributed by atoms with van der Waals surface area (Å²) in [6.45, 7) is 2.78. The molecule has 1 heterocycles. The van der Waals surface area contributed by atoms with Crippen molar-refractivity contribution in [1.82, 2.24) is 5.32 Å². The van der Waals surface area contributed by atoms with Crippen molar-refractivity contribution in [3.8, 4) is 11.5 Å². The summed E-state index contributed by atoms with van der Waals surface area (Å²) in [5.41, 5.74) is 6.83. The third kappa shape index (κ3) is 14.5. The van der Waals surface area contributed by atoms with E-state index >= 15 is 0 Å². The normalized spacial score (nSPS) is 19.1. The molecule has 6 atom stereocenters. The van der Waals surface area contributed by atoms with E-state index in [-0.39, 0.29) is 39.6 Å². The highest BCUT2D eigenvalue weighted by Crippen LogP contribution is 2.42. The van der Waals surface area contributed by atoms with Crippen LogP contribution >= 0.6 is 0 Å². The van der Waals surface area contributed by atoms with Gasteiger partial charge in [0.2, 0.25) is 11.8 Å². The minimum absolute atomic E-state index is 0.0464. The maximum atomic E-state index is 12.7. The van der Waals surface area contributed by atoms with Gasteiger partial charge in [-0.15, -0.1) is 0 Å². The lowest BCUT2D eigenvalue weighted by Gasteiger charge is -2.44. The fourth-order valence-electron chi connectivity index (χ4n) is 6.84. The third-order valence-electron chi connectivity index (χ3n) is 9.56. The summed E-state index contributed by atoms with van der Waals surface area (Å²) in [5, 5.41) is 13.6. The molecule has 0 spiro atoms. The Hall–Kier alpha value is -5.63. The molecule has 1 aliphatic heterocycles. The molecule has 0 aliphatic carbocycles. The molecular formula is C44H56N2O16. The van der Waals surface area contributed by atoms with E-state index in [9.17, 15) is 29.1 Å². The minimum atomic E-state index is -1.36. The van der Waals surface area contributed by atoms with Crippen molar-refractivity contribution in [2.75, 3.05) is 67.0 Å². The first-order chi connectivity index (χ1) is 29.8. The van der Waals surface area contributed by atoms with E-state index in [2.05, 4.69) is 5.32 Å².